The highest BCUT2D eigenvalue weighted by Crippen LogP contribution is 2.63. The van der Waals surface area contributed by atoms with Crippen molar-refractivity contribution in [2.45, 2.75) is 62.3 Å². The van der Waals surface area contributed by atoms with E-state index < -0.39 is 0 Å². The lowest BCUT2D eigenvalue weighted by Crippen LogP contribution is -2.60. The van der Waals surface area contributed by atoms with Crippen molar-refractivity contribution in [3.8, 4) is 0 Å². The van der Waals surface area contributed by atoms with Gasteiger partial charge in [0.25, 0.3) is 5.91 Å². The molecule has 146 valence electrons. The molecule has 4 aliphatic carbocycles. The van der Waals surface area contributed by atoms with Crippen LogP contribution in [0.1, 0.15) is 61.9 Å². The minimum Gasteiger partial charge on any atom is -0.459 e. The average Bonchev–Trinajstić information content (AvgIpc) is 3.14. The van der Waals surface area contributed by atoms with Gasteiger partial charge in [-0.15, -0.1) is 11.6 Å². The quantitative estimate of drug-likeness (QED) is 0.802. The Bertz CT molecular complexity index is 725. The predicted octanol–water partition coefficient (Wildman–Crippen LogP) is 3.58. The number of amides is 2. The van der Waals surface area contributed by atoms with E-state index in [2.05, 4.69) is 5.32 Å². The van der Waals surface area contributed by atoms with Crippen molar-refractivity contribution < 1.29 is 14.0 Å². The van der Waals surface area contributed by atoms with Gasteiger partial charge in [-0.1, -0.05) is 0 Å². The second-order valence-corrected chi connectivity index (χ2v) is 10.2. The maximum atomic E-state index is 13.2. The lowest BCUT2D eigenvalue weighted by molar-refractivity contribution is -0.145. The summed E-state index contributed by atoms with van der Waals surface area (Å²) in [5, 5.41) is 3.33. The van der Waals surface area contributed by atoms with Crippen LogP contribution in [0.3, 0.4) is 0 Å². The number of furan rings is 1. The summed E-state index contributed by atoms with van der Waals surface area (Å²) in [6.45, 7) is 1.31. The van der Waals surface area contributed by atoms with Crippen molar-refractivity contribution in [3.63, 3.8) is 0 Å². The number of likely N-dealkylation sites (tertiary alicyclic amines) is 1. The Balaban J connectivity index is 1.20. The third-order valence-electron chi connectivity index (χ3n) is 7.32. The molecule has 5 aliphatic rings. The first-order valence-electron chi connectivity index (χ1n) is 10.3. The van der Waals surface area contributed by atoms with Gasteiger partial charge in [-0.05, 0) is 75.3 Å². The summed E-state index contributed by atoms with van der Waals surface area (Å²) in [6.07, 6.45) is 9.43. The topological polar surface area (TPSA) is 62.6 Å². The molecule has 1 N–H and O–H groups in total. The molecule has 6 rings (SSSR count). The summed E-state index contributed by atoms with van der Waals surface area (Å²) >= 11 is 6.88. The van der Waals surface area contributed by atoms with Crippen LogP contribution in [0.2, 0.25) is 0 Å². The van der Waals surface area contributed by atoms with Gasteiger partial charge in [-0.25, -0.2) is 0 Å². The second kappa shape index (κ2) is 6.26. The molecule has 0 radical (unpaired) electrons. The molecule has 2 amide bonds. The first-order chi connectivity index (χ1) is 12.9. The zero-order chi connectivity index (χ0) is 18.6. The predicted molar refractivity (Wildman–Crippen MR) is 101 cm³/mol. The molecular weight excluding hydrogens is 364 g/mol. The number of rotatable bonds is 3. The standard InChI is InChI=1S/C21H27ClN2O3/c22-21-11-14-8-15(12-21)10-20(9-14,13-21)19(26)23-16-3-5-24(6-4-16)18(25)17-2-1-7-27-17/h1-2,7,14-16H,3-6,8-13H2,(H,23,26). The number of hydrogen-bond donors (Lipinski definition) is 1. The van der Waals surface area contributed by atoms with Crippen LogP contribution in [0.5, 0.6) is 0 Å². The van der Waals surface area contributed by atoms with E-state index >= 15 is 0 Å². The summed E-state index contributed by atoms with van der Waals surface area (Å²) in [4.78, 5) is 27.3. The molecule has 4 bridgehead atoms. The number of piperidine rings is 1. The number of carbonyl (C=O) groups is 2. The van der Waals surface area contributed by atoms with E-state index in [4.69, 9.17) is 16.0 Å². The molecule has 2 unspecified atom stereocenters. The number of alkyl halides is 1. The Morgan fingerprint density at radius 3 is 2.44 bits per heavy atom. The summed E-state index contributed by atoms with van der Waals surface area (Å²) in [7, 11) is 0. The third-order valence-corrected chi connectivity index (χ3v) is 7.76. The molecular formula is C21H27ClN2O3. The number of halogens is 1. The lowest BCUT2D eigenvalue weighted by atomic mass is 9.49. The minimum absolute atomic E-state index is 0.0602. The number of hydrogen-bond acceptors (Lipinski definition) is 3. The fraction of sp³-hybridized carbons (Fsp3) is 0.714. The zero-order valence-electron chi connectivity index (χ0n) is 15.6. The van der Waals surface area contributed by atoms with Gasteiger partial charge in [0, 0.05) is 24.0 Å². The second-order valence-electron chi connectivity index (χ2n) is 9.41. The highest BCUT2D eigenvalue weighted by atomic mass is 35.5. The van der Waals surface area contributed by atoms with Gasteiger partial charge in [0.1, 0.15) is 0 Å². The molecule has 5 nitrogen and oxygen atoms in total. The number of carbonyl (C=O) groups excluding carboxylic acids is 2. The van der Waals surface area contributed by atoms with Gasteiger partial charge in [0.05, 0.1) is 11.7 Å². The molecule has 6 heteroatoms. The molecule has 1 aromatic rings. The van der Waals surface area contributed by atoms with Gasteiger partial charge in [0.15, 0.2) is 5.76 Å². The summed E-state index contributed by atoms with van der Waals surface area (Å²) in [5.41, 5.74) is -0.243. The lowest BCUT2D eigenvalue weighted by Gasteiger charge is -2.59. The average molecular weight is 391 g/mol. The van der Waals surface area contributed by atoms with Crippen molar-refractivity contribution >= 4 is 23.4 Å². The largest absolute Gasteiger partial charge is 0.459 e. The summed E-state index contributed by atoms with van der Waals surface area (Å²) < 4.78 is 5.21. The molecule has 0 aromatic carbocycles. The Labute approximate surface area is 164 Å². The third kappa shape index (κ3) is 3.08. The monoisotopic (exact) mass is 390 g/mol. The Morgan fingerprint density at radius 2 is 1.85 bits per heavy atom. The fourth-order valence-corrected chi connectivity index (χ4v) is 7.23. The first kappa shape index (κ1) is 17.6. The Kier molecular flexibility index (Phi) is 4.08. The molecule has 2 atom stereocenters. The van der Waals surface area contributed by atoms with Crippen molar-refractivity contribution in [2.75, 3.05) is 13.1 Å². The number of nitrogens with zero attached hydrogens (tertiary/aromatic N) is 1. The first-order valence-corrected chi connectivity index (χ1v) is 10.7. The van der Waals surface area contributed by atoms with Crippen molar-refractivity contribution in [2.24, 2.45) is 17.3 Å². The van der Waals surface area contributed by atoms with Crippen LogP contribution in [0, 0.1) is 17.3 Å². The van der Waals surface area contributed by atoms with Gasteiger partial charge < -0.3 is 14.6 Å². The van der Waals surface area contributed by atoms with Crippen LogP contribution in [0.15, 0.2) is 22.8 Å². The normalized spacial score (nSPS) is 38.2. The fourth-order valence-electron chi connectivity index (χ4n) is 6.54. The molecule has 1 aromatic heterocycles. The summed E-state index contributed by atoms with van der Waals surface area (Å²) in [6, 6.07) is 3.58. The van der Waals surface area contributed by atoms with Gasteiger partial charge in [-0.2, -0.15) is 0 Å². The summed E-state index contributed by atoms with van der Waals surface area (Å²) in [5.74, 6) is 1.80. The van der Waals surface area contributed by atoms with Crippen LogP contribution in [0.25, 0.3) is 0 Å². The van der Waals surface area contributed by atoms with E-state index in [-0.39, 0.29) is 28.1 Å². The smallest absolute Gasteiger partial charge is 0.289 e. The minimum atomic E-state index is -0.243. The van der Waals surface area contributed by atoms with E-state index in [9.17, 15) is 9.59 Å². The van der Waals surface area contributed by atoms with E-state index in [0.717, 1.165) is 44.9 Å². The maximum absolute atomic E-state index is 13.2. The maximum Gasteiger partial charge on any atom is 0.289 e. The Morgan fingerprint density at radius 1 is 1.15 bits per heavy atom. The Hall–Kier alpha value is -1.49. The van der Waals surface area contributed by atoms with Crippen LogP contribution in [0.4, 0.5) is 0 Å². The SMILES string of the molecule is O=C(c1ccco1)N1CCC(NC(=O)C23CC4CC(CC(Cl)(C4)C2)C3)CC1. The van der Waals surface area contributed by atoms with Crippen LogP contribution < -0.4 is 5.32 Å². The molecule has 2 heterocycles. The van der Waals surface area contributed by atoms with Gasteiger partial charge in [-0.3, -0.25) is 9.59 Å². The zero-order valence-corrected chi connectivity index (χ0v) is 16.3. The van der Waals surface area contributed by atoms with Crippen LogP contribution >= 0.6 is 11.6 Å². The van der Waals surface area contributed by atoms with E-state index in [1.54, 1.807) is 12.1 Å². The molecule has 0 spiro atoms. The van der Waals surface area contributed by atoms with E-state index in [0.29, 0.717) is 30.7 Å². The van der Waals surface area contributed by atoms with Gasteiger partial charge in [0.2, 0.25) is 5.91 Å². The molecule has 5 fully saturated rings. The van der Waals surface area contributed by atoms with E-state index in [1.807, 2.05) is 4.90 Å². The van der Waals surface area contributed by atoms with Crippen molar-refractivity contribution in [1.29, 1.82) is 0 Å². The molecule has 4 saturated carbocycles. The van der Waals surface area contributed by atoms with Crippen molar-refractivity contribution in [1.82, 2.24) is 10.2 Å². The number of nitrogens with one attached hydrogen (secondary N) is 1. The van der Waals surface area contributed by atoms with Crippen LogP contribution in [-0.2, 0) is 4.79 Å². The van der Waals surface area contributed by atoms with E-state index in [1.165, 1.54) is 12.7 Å². The highest BCUT2D eigenvalue weighted by Gasteiger charge is 2.60. The van der Waals surface area contributed by atoms with Crippen LogP contribution in [-0.4, -0.2) is 40.7 Å². The molecule has 27 heavy (non-hydrogen) atoms. The molecule has 1 aliphatic heterocycles. The van der Waals surface area contributed by atoms with Gasteiger partial charge >= 0.3 is 0 Å². The van der Waals surface area contributed by atoms with Crippen molar-refractivity contribution in [3.05, 3.63) is 24.2 Å². The highest BCUT2D eigenvalue weighted by molar-refractivity contribution is 6.24. The molecule has 1 saturated heterocycles.